The zero-order chi connectivity index (χ0) is 20.0. The molecule has 2 rings (SSSR count). The molecule has 0 radical (unpaired) electrons. The largest absolute Gasteiger partial charge is 0.465 e. The average molecular weight is 408 g/mol. The molecule has 27 heavy (non-hydrogen) atoms. The van der Waals surface area contributed by atoms with E-state index in [-0.39, 0.29) is 16.8 Å². The smallest absolute Gasteiger partial charge is 0.337 e. The van der Waals surface area contributed by atoms with E-state index in [0.29, 0.717) is 15.6 Å². The van der Waals surface area contributed by atoms with Gasteiger partial charge in [0.25, 0.3) is 0 Å². The van der Waals surface area contributed by atoms with Crippen molar-refractivity contribution in [2.75, 3.05) is 19.5 Å². The van der Waals surface area contributed by atoms with Gasteiger partial charge < -0.3 is 14.8 Å². The predicted molar refractivity (Wildman–Crippen MR) is 103 cm³/mol. The molecule has 1 N–H and O–H groups in total. The maximum atomic E-state index is 12.1. The lowest BCUT2D eigenvalue weighted by Crippen LogP contribution is -2.12. The minimum atomic E-state index is -0.650. The highest BCUT2D eigenvalue weighted by molar-refractivity contribution is 6.42. The lowest BCUT2D eigenvalue weighted by molar-refractivity contribution is -0.111. The average Bonchev–Trinajstić information content (AvgIpc) is 2.67. The second-order valence-electron chi connectivity index (χ2n) is 5.28. The van der Waals surface area contributed by atoms with Crippen LogP contribution in [-0.2, 0) is 14.3 Å². The van der Waals surface area contributed by atoms with E-state index in [1.54, 1.807) is 24.3 Å². The molecule has 0 spiro atoms. The van der Waals surface area contributed by atoms with E-state index in [1.807, 2.05) is 0 Å². The Morgan fingerprint density at radius 3 is 2.00 bits per heavy atom. The standard InChI is InChI=1S/C19H15Cl2NO5/c1-26-18(24)12-8-13(19(25)27-2)10-14(9-12)22-17(23)6-4-11-3-5-15(20)16(21)7-11/h3-10H,1-2H3,(H,22,23). The quantitative estimate of drug-likeness (QED) is 0.592. The number of rotatable bonds is 5. The van der Waals surface area contributed by atoms with Crippen LogP contribution in [0.1, 0.15) is 26.3 Å². The van der Waals surface area contributed by atoms with Crippen molar-refractivity contribution >= 4 is 52.8 Å². The molecule has 2 aromatic carbocycles. The van der Waals surface area contributed by atoms with E-state index >= 15 is 0 Å². The second kappa shape index (κ2) is 9.21. The van der Waals surface area contributed by atoms with Crippen LogP contribution in [0.15, 0.2) is 42.5 Å². The zero-order valence-corrected chi connectivity index (χ0v) is 15.9. The monoisotopic (exact) mass is 407 g/mol. The number of halogens is 2. The molecule has 6 nitrogen and oxygen atoms in total. The zero-order valence-electron chi connectivity index (χ0n) is 14.4. The van der Waals surface area contributed by atoms with Crippen LogP contribution in [0.3, 0.4) is 0 Å². The molecular weight excluding hydrogens is 393 g/mol. The molecule has 0 unspecified atom stereocenters. The van der Waals surface area contributed by atoms with Gasteiger partial charge in [-0.3, -0.25) is 4.79 Å². The highest BCUT2D eigenvalue weighted by Crippen LogP contribution is 2.23. The fourth-order valence-corrected chi connectivity index (χ4v) is 2.45. The predicted octanol–water partition coefficient (Wildman–Crippen LogP) is 4.22. The first-order valence-corrected chi connectivity index (χ1v) is 8.35. The number of hydrogen-bond donors (Lipinski definition) is 1. The van der Waals surface area contributed by atoms with Crippen molar-refractivity contribution < 1.29 is 23.9 Å². The molecule has 8 heteroatoms. The highest BCUT2D eigenvalue weighted by Gasteiger charge is 2.14. The van der Waals surface area contributed by atoms with Gasteiger partial charge >= 0.3 is 11.9 Å². The van der Waals surface area contributed by atoms with Crippen LogP contribution in [0.4, 0.5) is 5.69 Å². The van der Waals surface area contributed by atoms with Crippen LogP contribution >= 0.6 is 23.2 Å². The lowest BCUT2D eigenvalue weighted by Gasteiger charge is -2.08. The van der Waals surface area contributed by atoms with Crippen LogP contribution in [-0.4, -0.2) is 32.1 Å². The molecule has 0 bridgehead atoms. The van der Waals surface area contributed by atoms with Crippen LogP contribution in [0, 0.1) is 0 Å². The third kappa shape index (κ3) is 5.57. The van der Waals surface area contributed by atoms with Crippen LogP contribution in [0.2, 0.25) is 10.0 Å². The first-order valence-electron chi connectivity index (χ1n) is 7.60. The van der Waals surface area contributed by atoms with Crippen LogP contribution < -0.4 is 5.32 Å². The summed E-state index contributed by atoms with van der Waals surface area (Å²) in [6.45, 7) is 0. The lowest BCUT2D eigenvalue weighted by atomic mass is 10.1. The van der Waals surface area contributed by atoms with E-state index in [4.69, 9.17) is 23.2 Å². The summed E-state index contributed by atoms with van der Waals surface area (Å²) in [5, 5.41) is 3.36. The van der Waals surface area contributed by atoms with Gasteiger partial charge in [-0.15, -0.1) is 0 Å². The number of carbonyl (C=O) groups is 3. The van der Waals surface area contributed by atoms with Gasteiger partial charge in [0.15, 0.2) is 0 Å². The number of amides is 1. The van der Waals surface area contributed by atoms with Crippen molar-refractivity contribution in [3.63, 3.8) is 0 Å². The van der Waals surface area contributed by atoms with Gasteiger partial charge in [-0.1, -0.05) is 29.3 Å². The molecule has 0 heterocycles. The fourth-order valence-electron chi connectivity index (χ4n) is 2.14. The van der Waals surface area contributed by atoms with E-state index in [0.717, 1.165) is 0 Å². The summed E-state index contributed by atoms with van der Waals surface area (Å²) >= 11 is 11.8. The molecule has 0 fully saturated rings. The number of esters is 2. The SMILES string of the molecule is COC(=O)c1cc(NC(=O)C=Cc2ccc(Cl)c(Cl)c2)cc(C(=O)OC)c1. The maximum absolute atomic E-state index is 12.1. The minimum absolute atomic E-state index is 0.101. The molecule has 0 aliphatic heterocycles. The third-order valence-electron chi connectivity index (χ3n) is 3.41. The summed E-state index contributed by atoms with van der Waals surface area (Å²) in [7, 11) is 2.43. The number of anilines is 1. The van der Waals surface area contributed by atoms with Crippen molar-refractivity contribution in [3.8, 4) is 0 Å². The number of benzene rings is 2. The highest BCUT2D eigenvalue weighted by atomic mass is 35.5. The molecule has 0 saturated carbocycles. The van der Waals surface area contributed by atoms with Gasteiger partial charge in [-0.2, -0.15) is 0 Å². The first-order chi connectivity index (χ1) is 12.8. The van der Waals surface area contributed by atoms with Crippen molar-refractivity contribution in [3.05, 3.63) is 69.2 Å². The molecule has 140 valence electrons. The Bertz CT molecular complexity index is 890. The van der Waals surface area contributed by atoms with E-state index in [9.17, 15) is 14.4 Å². The molecule has 0 aromatic heterocycles. The summed E-state index contributed by atoms with van der Waals surface area (Å²) in [5.41, 5.74) is 1.12. The minimum Gasteiger partial charge on any atom is -0.465 e. The maximum Gasteiger partial charge on any atom is 0.337 e. The van der Waals surface area contributed by atoms with Crippen molar-refractivity contribution in [2.24, 2.45) is 0 Å². The molecule has 2 aromatic rings. The molecular formula is C19H15Cl2NO5. The Hall–Kier alpha value is -2.83. The van der Waals surface area contributed by atoms with E-state index in [1.165, 1.54) is 38.5 Å². The normalized spacial score (nSPS) is 10.5. The Labute approximate surface area is 165 Å². The Morgan fingerprint density at radius 1 is 0.889 bits per heavy atom. The van der Waals surface area contributed by atoms with Crippen molar-refractivity contribution in [2.45, 2.75) is 0 Å². The topological polar surface area (TPSA) is 81.7 Å². The van der Waals surface area contributed by atoms with Crippen LogP contribution in [0.5, 0.6) is 0 Å². The second-order valence-corrected chi connectivity index (χ2v) is 6.09. The Kier molecular flexibility index (Phi) is 6.98. The van der Waals surface area contributed by atoms with Crippen LogP contribution in [0.25, 0.3) is 6.08 Å². The van der Waals surface area contributed by atoms with Gasteiger partial charge in [-0.05, 0) is 42.0 Å². The number of nitrogens with one attached hydrogen (secondary N) is 1. The Balaban J connectivity index is 2.22. The third-order valence-corrected chi connectivity index (χ3v) is 4.15. The summed E-state index contributed by atoms with van der Waals surface area (Å²) in [5.74, 6) is -1.77. The molecule has 0 atom stereocenters. The number of carbonyl (C=O) groups excluding carboxylic acids is 3. The van der Waals surface area contributed by atoms with E-state index < -0.39 is 17.8 Å². The van der Waals surface area contributed by atoms with Crippen molar-refractivity contribution in [1.82, 2.24) is 0 Å². The van der Waals surface area contributed by atoms with Crippen molar-refractivity contribution in [1.29, 1.82) is 0 Å². The number of ether oxygens (including phenoxy) is 2. The molecule has 0 saturated heterocycles. The van der Waals surface area contributed by atoms with Gasteiger partial charge in [0.1, 0.15) is 0 Å². The van der Waals surface area contributed by atoms with E-state index in [2.05, 4.69) is 14.8 Å². The van der Waals surface area contributed by atoms with Gasteiger partial charge in [0, 0.05) is 11.8 Å². The van der Waals surface area contributed by atoms with Gasteiger partial charge in [0.2, 0.25) is 5.91 Å². The summed E-state index contributed by atoms with van der Waals surface area (Å²) in [4.78, 5) is 35.7. The fraction of sp³-hybridized carbons (Fsp3) is 0.105. The Morgan fingerprint density at radius 2 is 1.48 bits per heavy atom. The molecule has 0 aliphatic carbocycles. The van der Waals surface area contributed by atoms with Gasteiger partial charge in [-0.25, -0.2) is 9.59 Å². The molecule has 1 amide bonds. The summed E-state index contributed by atoms with van der Waals surface area (Å²) < 4.78 is 9.30. The number of hydrogen-bond acceptors (Lipinski definition) is 5. The number of methoxy groups -OCH3 is 2. The summed E-state index contributed by atoms with van der Waals surface area (Å²) in [6, 6.07) is 9.03. The first kappa shape index (κ1) is 20.5. The molecule has 0 aliphatic rings. The summed E-state index contributed by atoms with van der Waals surface area (Å²) in [6.07, 6.45) is 2.82. The van der Waals surface area contributed by atoms with Gasteiger partial charge in [0.05, 0.1) is 35.4 Å².